The molecule has 0 bridgehead atoms. The number of nitrogens with zero attached hydrogens (tertiary/aromatic N) is 2. The highest BCUT2D eigenvalue weighted by atomic mass is 16.5. The van der Waals surface area contributed by atoms with Gasteiger partial charge >= 0.3 is 0 Å². The second kappa shape index (κ2) is 11.7. The lowest BCUT2D eigenvalue weighted by Gasteiger charge is -2.24. The van der Waals surface area contributed by atoms with E-state index in [4.69, 9.17) is 9.73 Å². The third kappa shape index (κ3) is 10.6. The molecule has 0 aromatic rings. The van der Waals surface area contributed by atoms with Crippen LogP contribution in [0.3, 0.4) is 0 Å². The third-order valence-corrected chi connectivity index (χ3v) is 4.09. The highest BCUT2D eigenvalue weighted by Crippen LogP contribution is 2.28. The molecule has 0 saturated heterocycles. The first-order chi connectivity index (χ1) is 11.0. The maximum Gasteiger partial charge on any atom is 0.191 e. The van der Waals surface area contributed by atoms with E-state index in [1.165, 1.54) is 19.3 Å². The lowest BCUT2D eigenvalue weighted by atomic mass is 10.0. The van der Waals surface area contributed by atoms with Crippen molar-refractivity contribution in [3.8, 4) is 0 Å². The van der Waals surface area contributed by atoms with Crippen LogP contribution >= 0.6 is 0 Å². The average molecular weight is 327 g/mol. The van der Waals surface area contributed by atoms with Gasteiger partial charge in [0.15, 0.2) is 5.96 Å². The van der Waals surface area contributed by atoms with Crippen LogP contribution in [0.5, 0.6) is 0 Å². The topological polar surface area (TPSA) is 48.9 Å². The zero-order valence-corrected chi connectivity index (χ0v) is 15.9. The van der Waals surface area contributed by atoms with E-state index in [0.717, 1.165) is 51.1 Å². The lowest BCUT2D eigenvalue weighted by molar-refractivity contribution is 0.123. The Labute approximate surface area is 143 Å². The van der Waals surface area contributed by atoms with Crippen molar-refractivity contribution in [2.75, 3.05) is 46.9 Å². The van der Waals surface area contributed by atoms with Gasteiger partial charge in [-0.25, -0.2) is 0 Å². The van der Waals surface area contributed by atoms with Gasteiger partial charge in [0.2, 0.25) is 0 Å². The zero-order chi connectivity index (χ0) is 17.1. The lowest BCUT2D eigenvalue weighted by Crippen LogP contribution is -2.40. The molecule has 5 heteroatoms. The maximum atomic E-state index is 5.67. The molecule has 1 rings (SSSR count). The van der Waals surface area contributed by atoms with Crippen molar-refractivity contribution in [2.45, 2.75) is 52.5 Å². The highest BCUT2D eigenvalue weighted by Gasteiger charge is 2.20. The SMILES string of the molecule is CCNC(=NCC(CC(C)C)N(C)C)NCCCOCC1CC1. The molecule has 0 aromatic carbocycles. The Morgan fingerprint density at radius 2 is 2.00 bits per heavy atom. The molecule has 0 heterocycles. The number of nitrogens with one attached hydrogen (secondary N) is 2. The summed E-state index contributed by atoms with van der Waals surface area (Å²) in [7, 11) is 4.28. The standard InChI is InChI=1S/C18H38N4O/c1-6-19-18(20-10-7-11-23-14-16-8-9-16)21-13-17(22(4)5)12-15(2)3/h15-17H,6-14H2,1-5H3,(H2,19,20,21). The molecule has 23 heavy (non-hydrogen) atoms. The fourth-order valence-electron chi connectivity index (χ4n) is 2.45. The van der Waals surface area contributed by atoms with Crippen molar-refractivity contribution < 1.29 is 4.74 Å². The van der Waals surface area contributed by atoms with E-state index in [2.05, 4.69) is 50.4 Å². The number of likely N-dealkylation sites (N-methyl/N-ethyl adjacent to an activating group) is 1. The molecule has 2 N–H and O–H groups in total. The normalized spacial score (nSPS) is 16.9. The second-order valence-corrected chi connectivity index (χ2v) is 7.27. The van der Waals surface area contributed by atoms with Crippen LogP contribution < -0.4 is 10.6 Å². The number of guanidine groups is 1. The van der Waals surface area contributed by atoms with Crippen molar-refractivity contribution in [3.05, 3.63) is 0 Å². The summed E-state index contributed by atoms with van der Waals surface area (Å²) in [6.45, 7) is 11.1. The Morgan fingerprint density at radius 1 is 1.26 bits per heavy atom. The summed E-state index contributed by atoms with van der Waals surface area (Å²) in [5.41, 5.74) is 0. The Balaban J connectivity index is 2.26. The predicted octanol–water partition coefficient (Wildman–Crippen LogP) is 2.33. The van der Waals surface area contributed by atoms with Crippen LogP contribution in [-0.2, 0) is 4.74 Å². The molecule has 5 nitrogen and oxygen atoms in total. The Kier molecular flexibility index (Phi) is 10.3. The van der Waals surface area contributed by atoms with Gasteiger partial charge in [-0.05, 0) is 58.5 Å². The van der Waals surface area contributed by atoms with Crippen LogP contribution in [0.25, 0.3) is 0 Å². The van der Waals surface area contributed by atoms with Crippen LogP contribution in [-0.4, -0.2) is 63.8 Å². The zero-order valence-electron chi connectivity index (χ0n) is 15.9. The molecule has 1 atom stereocenters. The quantitative estimate of drug-likeness (QED) is 0.328. The van der Waals surface area contributed by atoms with Gasteiger partial charge in [-0.1, -0.05) is 13.8 Å². The minimum absolute atomic E-state index is 0.493. The van der Waals surface area contributed by atoms with Crippen molar-refractivity contribution in [3.63, 3.8) is 0 Å². The van der Waals surface area contributed by atoms with E-state index in [9.17, 15) is 0 Å². The third-order valence-electron chi connectivity index (χ3n) is 4.09. The van der Waals surface area contributed by atoms with E-state index in [1.54, 1.807) is 0 Å². The van der Waals surface area contributed by atoms with E-state index < -0.39 is 0 Å². The maximum absolute atomic E-state index is 5.67. The van der Waals surface area contributed by atoms with Crippen molar-refractivity contribution >= 4 is 5.96 Å². The van der Waals surface area contributed by atoms with Gasteiger partial charge in [0.25, 0.3) is 0 Å². The van der Waals surface area contributed by atoms with Crippen molar-refractivity contribution in [1.29, 1.82) is 0 Å². The van der Waals surface area contributed by atoms with Crippen LogP contribution in [0.15, 0.2) is 4.99 Å². The summed E-state index contributed by atoms with van der Waals surface area (Å²) >= 11 is 0. The van der Waals surface area contributed by atoms with Gasteiger partial charge in [-0.2, -0.15) is 0 Å². The minimum Gasteiger partial charge on any atom is -0.381 e. The first kappa shape index (κ1) is 20.2. The summed E-state index contributed by atoms with van der Waals surface area (Å²) in [6.07, 6.45) is 4.92. The van der Waals surface area contributed by atoms with E-state index in [-0.39, 0.29) is 0 Å². The minimum atomic E-state index is 0.493. The first-order valence-corrected chi connectivity index (χ1v) is 9.29. The van der Waals surface area contributed by atoms with Gasteiger partial charge < -0.3 is 20.3 Å². The summed E-state index contributed by atoms with van der Waals surface area (Å²) in [4.78, 5) is 7.03. The second-order valence-electron chi connectivity index (χ2n) is 7.27. The molecule has 1 aliphatic carbocycles. The molecule has 0 amide bonds. The van der Waals surface area contributed by atoms with Gasteiger partial charge in [0, 0.05) is 32.3 Å². The van der Waals surface area contributed by atoms with Gasteiger partial charge in [-0.15, -0.1) is 0 Å². The van der Waals surface area contributed by atoms with Crippen molar-refractivity contribution in [2.24, 2.45) is 16.8 Å². The Hall–Kier alpha value is -0.810. The number of rotatable bonds is 12. The summed E-state index contributed by atoms with van der Waals surface area (Å²) < 4.78 is 5.67. The van der Waals surface area contributed by atoms with Crippen molar-refractivity contribution in [1.82, 2.24) is 15.5 Å². The van der Waals surface area contributed by atoms with Crippen LogP contribution in [0, 0.1) is 11.8 Å². The molecule has 0 spiro atoms. The van der Waals surface area contributed by atoms with E-state index in [1.807, 2.05) is 0 Å². The molecular weight excluding hydrogens is 288 g/mol. The van der Waals surface area contributed by atoms with Gasteiger partial charge in [0.05, 0.1) is 6.54 Å². The fourth-order valence-corrected chi connectivity index (χ4v) is 2.45. The highest BCUT2D eigenvalue weighted by molar-refractivity contribution is 5.79. The molecular formula is C18H38N4O. The molecule has 1 fully saturated rings. The number of ether oxygens (including phenoxy) is 1. The Bertz CT molecular complexity index is 327. The van der Waals surface area contributed by atoms with Crippen LogP contribution in [0.4, 0.5) is 0 Å². The molecule has 0 aromatic heterocycles. The van der Waals surface area contributed by atoms with Crippen LogP contribution in [0.2, 0.25) is 0 Å². The smallest absolute Gasteiger partial charge is 0.191 e. The summed E-state index contributed by atoms with van der Waals surface area (Å²) in [6, 6.07) is 0.493. The average Bonchev–Trinajstić information content (AvgIpc) is 3.30. The predicted molar refractivity (Wildman–Crippen MR) is 99.1 cm³/mol. The van der Waals surface area contributed by atoms with Gasteiger partial charge in [0.1, 0.15) is 0 Å². The first-order valence-electron chi connectivity index (χ1n) is 9.29. The van der Waals surface area contributed by atoms with E-state index in [0.29, 0.717) is 12.0 Å². The fraction of sp³-hybridized carbons (Fsp3) is 0.944. The number of aliphatic imine (C=N–C) groups is 1. The number of hydrogen-bond donors (Lipinski definition) is 2. The molecule has 0 radical (unpaired) electrons. The monoisotopic (exact) mass is 326 g/mol. The summed E-state index contributed by atoms with van der Waals surface area (Å²) in [5.74, 6) is 2.47. The molecule has 0 aliphatic heterocycles. The molecule has 136 valence electrons. The van der Waals surface area contributed by atoms with E-state index >= 15 is 0 Å². The molecule has 1 aliphatic rings. The molecule has 1 unspecified atom stereocenters. The molecule has 1 saturated carbocycles. The summed E-state index contributed by atoms with van der Waals surface area (Å²) in [5, 5.41) is 6.74. The number of hydrogen-bond acceptors (Lipinski definition) is 3. The van der Waals surface area contributed by atoms with Crippen LogP contribution in [0.1, 0.15) is 46.5 Å². The largest absolute Gasteiger partial charge is 0.381 e. The van der Waals surface area contributed by atoms with Gasteiger partial charge in [-0.3, -0.25) is 4.99 Å². The Morgan fingerprint density at radius 3 is 2.57 bits per heavy atom.